The first-order chi connectivity index (χ1) is 6.55. The molecule has 2 unspecified atom stereocenters. The molecule has 2 aliphatic heterocycles. The Morgan fingerprint density at radius 3 is 2.79 bits per heavy atom. The number of ether oxygens (including phenoxy) is 1. The van der Waals surface area contributed by atoms with Crippen molar-refractivity contribution in [2.45, 2.75) is 37.2 Å². The molecule has 2 atom stereocenters. The van der Waals surface area contributed by atoms with Crippen LogP contribution in [0.1, 0.15) is 26.2 Å². The number of sulfone groups is 1. The zero-order valence-corrected chi connectivity index (χ0v) is 9.27. The molecule has 0 radical (unpaired) electrons. The summed E-state index contributed by atoms with van der Waals surface area (Å²) < 4.78 is 29.2. The average molecular weight is 219 g/mol. The molecule has 2 aliphatic rings. The Bertz CT molecular complexity index is 306. The van der Waals surface area contributed by atoms with Gasteiger partial charge in [-0.3, -0.25) is 5.32 Å². The summed E-state index contributed by atoms with van der Waals surface area (Å²) in [5.41, 5.74) is -0.640. The Labute approximate surface area is 84.9 Å². The molecular formula is C9H17NO3S. The lowest BCUT2D eigenvalue weighted by Crippen LogP contribution is -2.54. The van der Waals surface area contributed by atoms with Gasteiger partial charge in [0, 0.05) is 6.54 Å². The second-order valence-corrected chi connectivity index (χ2v) is 6.54. The maximum Gasteiger partial charge on any atom is 0.157 e. The van der Waals surface area contributed by atoms with E-state index in [0.29, 0.717) is 12.4 Å². The minimum atomic E-state index is -2.95. The van der Waals surface area contributed by atoms with Crippen molar-refractivity contribution in [1.82, 2.24) is 5.32 Å². The van der Waals surface area contributed by atoms with E-state index in [0.717, 1.165) is 25.8 Å². The maximum atomic E-state index is 11.9. The second-order valence-electron chi connectivity index (χ2n) is 4.23. The summed E-state index contributed by atoms with van der Waals surface area (Å²) in [6, 6.07) is 0. The van der Waals surface area contributed by atoms with Gasteiger partial charge >= 0.3 is 0 Å². The summed E-state index contributed by atoms with van der Waals surface area (Å²) >= 11 is 0. The predicted octanol–water partition coefficient (Wildman–Crippen LogP) is 0.290. The summed E-state index contributed by atoms with van der Waals surface area (Å²) in [5.74, 6) is 0.318. The number of nitrogens with one attached hydrogen (secondary N) is 1. The van der Waals surface area contributed by atoms with Crippen molar-refractivity contribution in [3.05, 3.63) is 0 Å². The molecule has 14 heavy (non-hydrogen) atoms. The molecule has 2 heterocycles. The van der Waals surface area contributed by atoms with E-state index in [4.69, 9.17) is 4.74 Å². The third kappa shape index (κ3) is 1.68. The highest BCUT2D eigenvalue weighted by Crippen LogP contribution is 2.30. The van der Waals surface area contributed by atoms with Crippen LogP contribution in [0.25, 0.3) is 0 Å². The van der Waals surface area contributed by atoms with Gasteiger partial charge in [-0.05, 0) is 19.8 Å². The molecule has 82 valence electrons. The van der Waals surface area contributed by atoms with Gasteiger partial charge in [-0.2, -0.15) is 0 Å². The van der Waals surface area contributed by atoms with Gasteiger partial charge in [-0.25, -0.2) is 8.42 Å². The molecule has 0 aliphatic carbocycles. The van der Waals surface area contributed by atoms with Crippen molar-refractivity contribution in [3.8, 4) is 0 Å². The van der Waals surface area contributed by atoms with Crippen LogP contribution in [-0.2, 0) is 14.6 Å². The van der Waals surface area contributed by atoms with Crippen LogP contribution in [0.5, 0.6) is 0 Å². The zero-order chi connectivity index (χ0) is 10.2. The lowest BCUT2D eigenvalue weighted by molar-refractivity contribution is -0.0000704. The molecule has 1 N–H and O–H groups in total. The number of rotatable bonds is 1. The highest BCUT2D eigenvalue weighted by atomic mass is 32.2. The van der Waals surface area contributed by atoms with E-state index in [1.807, 2.05) is 6.92 Å². The Hall–Kier alpha value is -0.130. The minimum absolute atomic E-state index is 0.318. The Morgan fingerprint density at radius 1 is 1.43 bits per heavy atom. The molecule has 5 heteroatoms. The summed E-state index contributed by atoms with van der Waals surface area (Å²) in [7, 11) is -2.95. The second kappa shape index (κ2) is 3.47. The van der Waals surface area contributed by atoms with E-state index in [9.17, 15) is 8.42 Å². The van der Waals surface area contributed by atoms with Crippen LogP contribution in [0.15, 0.2) is 0 Å². The largest absolute Gasteiger partial charge is 0.358 e. The molecule has 0 amide bonds. The Kier molecular flexibility index (Phi) is 2.57. The predicted molar refractivity (Wildman–Crippen MR) is 53.8 cm³/mol. The van der Waals surface area contributed by atoms with Gasteiger partial charge in [0.15, 0.2) is 9.84 Å². The van der Waals surface area contributed by atoms with Gasteiger partial charge in [0.05, 0.1) is 12.4 Å². The molecule has 4 nitrogen and oxygen atoms in total. The first-order valence-corrected chi connectivity index (χ1v) is 6.87. The molecule has 0 saturated carbocycles. The molecule has 0 bridgehead atoms. The maximum absolute atomic E-state index is 11.9. The Morgan fingerprint density at radius 2 is 2.21 bits per heavy atom. The van der Waals surface area contributed by atoms with Crippen molar-refractivity contribution >= 4 is 9.84 Å². The third-order valence-corrected chi connectivity index (χ3v) is 5.58. The SMILES string of the molecule is CC1(C2CCCCS2(=O)=O)NCCO1. The monoisotopic (exact) mass is 219 g/mol. The van der Waals surface area contributed by atoms with E-state index in [1.54, 1.807) is 0 Å². The summed E-state index contributed by atoms with van der Waals surface area (Å²) in [5, 5.41) is 2.80. The fraction of sp³-hybridized carbons (Fsp3) is 1.00. The van der Waals surface area contributed by atoms with Gasteiger partial charge in [-0.1, -0.05) is 6.42 Å². The van der Waals surface area contributed by atoms with Crippen LogP contribution < -0.4 is 5.32 Å². The van der Waals surface area contributed by atoms with Crippen molar-refractivity contribution in [1.29, 1.82) is 0 Å². The molecule has 0 aromatic heterocycles. The summed E-state index contributed by atoms with van der Waals surface area (Å²) in [4.78, 5) is 0. The van der Waals surface area contributed by atoms with Crippen molar-refractivity contribution in [2.75, 3.05) is 18.9 Å². The number of hydrogen-bond donors (Lipinski definition) is 1. The van der Waals surface area contributed by atoms with Gasteiger partial charge < -0.3 is 4.74 Å². The average Bonchev–Trinajstić information content (AvgIpc) is 2.52. The lowest BCUT2D eigenvalue weighted by atomic mass is 10.1. The summed E-state index contributed by atoms with van der Waals surface area (Å²) in [6.45, 7) is 3.22. The van der Waals surface area contributed by atoms with E-state index < -0.39 is 15.6 Å². The molecule has 2 fully saturated rings. The topological polar surface area (TPSA) is 55.4 Å². The van der Waals surface area contributed by atoms with Crippen molar-refractivity contribution in [2.24, 2.45) is 0 Å². The molecule has 0 spiro atoms. The molecule has 0 aromatic rings. The normalized spacial score (nSPS) is 42.5. The lowest BCUT2D eigenvalue weighted by Gasteiger charge is -2.35. The van der Waals surface area contributed by atoms with E-state index in [1.165, 1.54) is 0 Å². The highest BCUT2D eigenvalue weighted by molar-refractivity contribution is 7.92. The molecular weight excluding hydrogens is 202 g/mol. The van der Waals surface area contributed by atoms with Crippen LogP contribution in [0.3, 0.4) is 0 Å². The minimum Gasteiger partial charge on any atom is -0.358 e. The highest BCUT2D eigenvalue weighted by Gasteiger charge is 2.46. The van der Waals surface area contributed by atoms with Crippen LogP contribution in [-0.4, -0.2) is 38.3 Å². The quantitative estimate of drug-likeness (QED) is 0.688. The fourth-order valence-electron chi connectivity index (χ4n) is 2.39. The van der Waals surface area contributed by atoms with Crippen molar-refractivity contribution in [3.63, 3.8) is 0 Å². The van der Waals surface area contributed by atoms with E-state index >= 15 is 0 Å². The van der Waals surface area contributed by atoms with Crippen LogP contribution in [0, 0.1) is 0 Å². The summed E-state index contributed by atoms with van der Waals surface area (Å²) in [6.07, 6.45) is 2.52. The van der Waals surface area contributed by atoms with Gasteiger partial charge in [0.1, 0.15) is 11.0 Å². The zero-order valence-electron chi connectivity index (χ0n) is 8.45. The molecule has 0 aromatic carbocycles. The third-order valence-electron chi connectivity index (χ3n) is 3.17. The molecule has 2 rings (SSSR count). The first kappa shape index (κ1) is 10.4. The van der Waals surface area contributed by atoms with E-state index in [2.05, 4.69) is 5.32 Å². The van der Waals surface area contributed by atoms with Gasteiger partial charge in [0.2, 0.25) is 0 Å². The van der Waals surface area contributed by atoms with Gasteiger partial charge in [0.25, 0.3) is 0 Å². The number of hydrogen-bond acceptors (Lipinski definition) is 4. The van der Waals surface area contributed by atoms with Crippen LogP contribution in [0.4, 0.5) is 0 Å². The first-order valence-electron chi connectivity index (χ1n) is 5.15. The standard InChI is InChI=1S/C9H17NO3S/c1-9(10-5-6-13-9)8-4-2-3-7-14(8,11)12/h8,10H,2-7H2,1H3. The van der Waals surface area contributed by atoms with E-state index in [-0.39, 0.29) is 5.25 Å². The smallest absolute Gasteiger partial charge is 0.157 e. The Balaban J connectivity index is 2.23. The van der Waals surface area contributed by atoms with Gasteiger partial charge in [-0.15, -0.1) is 0 Å². The fourth-order valence-corrected chi connectivity index (χ4v) is 4.65. The van der Waals surface area contributed by atoms with Crippen molar-refractivity contribution < 1.29 is 13.2 Å². The van der Waals surface area contributed by atoms with Crippen LogP contribution >= 0.6 is 0 Å². The molecule has 2 saturated heterocycles. The van der Waals surface area contributed by atoms with Crippen LogP contribution in [0.2, 0.25) is 0 Å².